The first kappa shape index (κ1) is 10.8. The minimum Gasteiger partial charge on any atom is -0.379 e. The van der Waals surface area contributed by atoms with Crippen LogP contribution in [0.5, 0.6) is 0 Å². The molecule has 5 heteroatoms. The molecule has 0 saturated carbocycles. The highest BCUT2D eigenvalue weighted by atomic mass is 19.1. The van der Waals surface area contributed by atoms with Crippen molar-refractivity contribution in [1.29, 1.82) is 0 Å². The van der Waals surface area contributed by atoms with E-state index in [1.807, 2.05) is 0 Å². The molecule has 0 aliphatic heterocycles. The van der Waals surface area contributed by atoms with Crippen molar-refractivity contribution in [3.63, 3.8) is 0 Å². The van der Waals surface area contributed by atoms with Gasteiger partial charge >= 0.3 is 0 Å². The van der Waals surface area contributed by atoms with E-state index in [9.17, 15) is 9.50 Å². The number of pyridine rings is 1. The van der Waals surface area contributed by atoms with Crippen LogP contribution in [0.4, 0.5) is 4.39 Å². The van der Waals surface area contributed by atoms with Gasteiger partial charge in [-0.1, -0.05) is 0 Å². The smallest absolute Gasteiger partial charge is 0.141 e. The number of rotatable bonds is 2. The first-order valence-electron chi connectivity index (χ1n) is 4.83. The van der Waals surface area contributed by atoms with Crippen molar-refractivity contribution in [3.05, 3.63) is 47.8 Å². The third-order valence-corrected chi connectivity index (χ3v) is 2.48. The molecule has 1 unspecified atom stereocenters. The van der Waals surface area contributed by atoms with E-state index < -0.39 is 11.4 Å². The Balaban J connectivity index is 2.46. The van der Waals surface area contributed by atoms with E-state index in [1.165, 1.54) is 12.3 Å². The zero-order valence-electron chi connectivity index (χ0n) is 9.05. The van der Waals surface area contributed by atoms with Crippen LogP contribution in [0.25, 0.3) is 0 Å². The van der Waals surface area contributed by atoms with Crippen molar-refractivity contribution in [2.75, 3.05) is 0 Å². The summed E-state index contributed by atoms with van der Waals surface area (Å²) in [6.07, 6.45) is 4.24. The van der Waals surface area contributed by atoms with Gasteiger partial charge in [0.2, 0.25) is 0 Å². The fraction of sp³-hybridized carbons (Fsp3) is 0.273. The van der Waals surface area contributed by atoms with E-state index in [0.29, 0.717) is 11.3 Å². The minimum absolute atomic E-state index is 0.381. The van der Waals surface area contributed by atoms with Crippen LogP contribution in [-0.4, -0.2) is 19.9 Å². The highest BCUT2D eigenvalue weighted by molar-refractivity contribution is 5.28. The van der Waals surface area contributed by atoms with Crippen molar-refractivity contribution >= 4 is 0 Å². The molecular weight excluding hydrogens is 209 g/mol. The van der Waals surface area contributed by atoms with Gasteiger partial charge in [0.15, 0.2) is 0 Å². The van der Waals surface area contributed by atoms with Crippen LogP contribution in [0.2, 0.25) is 0 Å². The second-order valence-corrected chi connectivity index (χ2v) is 3.84. The van der Waals surface area contributed by atoms with Gasteiger partial charge in [-0.05, 0) is 19.1 Å². The van der Waals surface area contributed by atoms with Crippen molar-refractivity contribution in [1.82, 2.24) is 14.8 Å². The Morgan fingerprint density at radius 3 is 2.75 bits per heavy atom. The first-order valence-corrected chi connectivity index (χ1v) is 4.83. The normalized spacial score (nSPS) is 14.8. The van der Waals surface area contributed by atoms with Gasteiger partial charge < -0.3 is 5.11 Å². The maximum Gasteiger partial charge on any atom is 0.141 e. The molecule has 1 N–H and O–H groups in total. The third-order valence-electron chi connectivity index (χ3n) is 2.48. The molecule has 4 nitrogen and oxygen atoms in total. The fourth-order valence-corrected chi connectivity index (χ4v) is 1.50. The molecule has 0 aliphatic rings. The minimum atomic E-state index is -1.34. The molecule has 84 valence electrons. The maximum atomic E-state index is 13.0. The molecule has 0 aromatic carbocycles. The number of halogens is 1. The number of hydrogen-bond acceptors (Lipinski definition) is 3. The van der Waals surface area contributed by atoms with Gasteiger partial charge in [0.25, 0.3) is 0 Å². The van der Waals surface area contributed by atoms with Gasteiger partial charge in [0.05, 0.1) is 11.9 Å². The highest BCUT2D eigenvalue weighted by Crippen LogP contribution is 2.27. The SMILES string of the molecule is Cn1ccc(C(C)(O)c2cncc(F)c2)n1. The summed E-state index contributed by atoms with van der Waals surface area (Å²) < 4.78 is 14.6. The number of aryl methyl sites for hydroxylation is 1. The van der Waals surface area contributed by atoms with Crippen LogP contribution < -0.4 is 0 Å². The van der Waals surface area contributed by atoms with Crippen molar-refractivity contribution in [2.24, 2.45) is 7.05 Å². The second kappa shape index (κ2) is 3.68. The molecule has 2 aromatic heterocycles. The van der Waals surface area contributed by atoms with Gasteiger partial charge in [0.1, 0.15) is 11.4 Å². The van der Waals surface area contributed by atoms with Gasteiger partial charge in [-0.15, -0.1) is 0 Å². The van der Waals surface area contributed by atoms with Crippen LogP contribution in [-0.2, 0) is 12.6 Å². The Morgan fingerprint density at radius 2 is 2.19 bits per heavy atom. The molecule has 0 radical (unpaired) electrons. The lowest BCUT2D eigenvalue weighted by atomic mass is 9.94. The van der Waals surface area contributed by atoms with Crippen LogP contribution in [0.1, 0.15) is 18.2 Å². The summed E-state index contributed by atoms with van der Waals surface area (Å²) in [4.78, 5) is 3.71. The van der Waals surface area contributed by atoms with Crippen molar-refractivity contribution in [3.8, 4) is 0 Å². The van der Waals surface area contributed by atoms with E-state index >= 15 is 0 Å². The molecule has 1 atom stereocenters. The zero-order chi connectivity index (χ0) is 11.8. The lowest BCUT2D eigenvalue weighted by molar-refractivity contribution is 0.0959. The van der Waals surface area contributed by atoms with Crippen LogP contribution in [0.15, 0.2) is 30.7 Å². The molecular formula is C11H12FN3O. The van der Waals surface area contributed by atoms with E-state index in [2.05, 4.69) is 10.1 Å². The van der Waals surface area contributed by atoms with E-state index in [0.717, 1.165) is 6.20 Å². The number of aliphatic hydroxyl groups is 1. The Morgan fingerprint density at radius 1 is 1.44 bits per heavy atom. The second-order valence-electron chi connectivity index (χ2n) is 3.84. The van der Waals surface area contributed by atoms with E-state index in [4.69, 9.17) is 0 Å². The monoisotopic (exact) mass is 221 g/mol. The average Bonchev–Trinajstić information content (AvgIpc) is 2.65. The third kappa shape index (κ3) is 1.81. The average molecular weight is 221 g/mol. The Kier molecular flexibility index (Phi) is 2.47. The number of nitrogens with zero attached hydrogens (tertiary/aromatic N) is 3. The van der Waals surface area contributed by atoms with Gasteiger partial charge in [-0.2, -0.15) is 5.10 Å². The first-order chi connectivity index (χ1) is 7.50. The van der Waals surface area contributed by atoms with E-state index in [1.54, 1.807) is 30.9 Å². The Hall–Kier alpha value is -1.75. The molecule has 0 bridgehead atoms. The lowest BCUT2D eigenvalue weighted by Gasteiger charge is -2.20. The van der Waals surface area contributed by atoms with Crippen LogP contribution in [0, 0.1) is 5.82 Å². The van der Waals surface area contributed by atoms with Gasteiger partial charge in [-0.3, -0.25) is 9.67 Å². The van der Waals surface area contributed by atoms with Gasteiger partial charge in [-0.25, -0.2) is 4.39 Å². The zero-order valence-corrected chi connectivity index (χ0v) is 9.05. The number of aromatic nitrogens is 3. The van der Waals surface area contributed by atoms with Crippen molar-refractivity contribution in [2.45, 2.75) is 12.5 Å². The molecule has 16 heavy (non-hydrogen) atoms. The molecule has 0 spiro atoms. The molecule has 2 aromatic rings. The summed E-state index contributed by atoms with van der Waals surface area (Å²) >= 11 is 0. The molecule has 0 saturated heterocycles. The summed E-state index contributed by atoms with van der Waals surface area (Å²) in [6.45, 7) is 1.56. The predicted molar refractivity (Wildman–Crippen MR) is 56.1 cm³/mol. The summed E-state index contributed by atoms with van der Waals surface area (Å²) in [5.74, 6) is -0.478. The predicted octanol–water partition coefficient (Wildman–Crippen LogP) is 1.21. The van der Waals surface area contributed by atoms with E-state index in [-0.39, 0.29) is 0 Å². The topological polar surface area (TPSA) is 50.9 Å². The molecule has 2 rings (SSSR count). The van der Waals surface area contributed by atoms with Crippen LogP contribution >= 0.6 is 0 Å². The highest BCUT2D eigenvalue weighted by Gasteiger charge is 2.28. The molecule has 2 heterocycles. The quantitative estimate of drug-likeness (QED) is 0.829. The van der Waals surface area contributed by atoms with Gasteiger partial charge in [0, 0.05) is 25.0 Å². The summed E-state index contributed by atoms with van der Waals surface area (Å²) in [7, 11) is 1.75. The maximum absolute atomic E-state index is 13.0. The van der Waals surface area contributed by atoms with Crippen LogP contribution in [0.3, 0.4) is 0 Å². The lowest BCUT2D eigenvalue weighted by Crippen LogP contribution is -2.24. The molecule has 0 fully saturated rings. The standard InChI is InChI=1S/C11H12FN3O/c1-11(16,10-3-4-15(2)14-10)8-5-9(12)7-13-6-8/h3-7,16H,1-2H3. The summed E-state index contributed by atoms with van der Waals surface area (Å²) in [6, 6.07) is 2.94. The number of hydrogen-bond donors (Lipinski definition) is 1. The summed E-state index contributed by atoms with van der Waals surface area (Å²) in [5, 5.41) is 14.4. The molecule has 0 aliphatic carbocycles. The van der Waals surface area contributed by atoms with Crippen molar-refractivity contribution < 1.29 is 9.50 Å². The summed E-state index contributed by atoms with van der Waals surface area (Å²) in [5.41, 5.74) is -0.496. The Bertz CT molecular complexity index is 507. The fourth-order valence-electron chi connectivity index (χ4n) is 1.50. The molecule has 0 amide bonds. The largest absolute Gasteiger partial charge is 0.379 e. The Labute approximate surface area is 92.4 Å².